The summed E-state index contributed by atoms with van der Waals surface area (Å²) in [5, 5.41) is 0.775. The summed E-state index contributed by atoms with van der Waals surface area (Å²) < 4.78 is 0. The van der Waals surface area contributed by atoms with Crippen molar-refractivity contribution in [2.24, 2.45) is 4.99 Å². The Hall–Kier alpha value is -0.820. The predicted octanol–water partition coefficient (Wildman–Crippen LogP) is 4.73. The first-order valence-electron chi connectivity index (χ1n) is 6.08. The van der Waals surface area contributed by atoms with Gasteiger partial charge in [-0.05, 0) is 24.1 Å². The van der Waals surface area contributed by atoms with Gasteiger partial charge in [0.05, 0.1) is 0 Å². The number of hydrogen-bond acceptors (Lipinski definition) is 1. The lowest BCUT2D eigenvalue weighted by molar-refractivity contribution is 0.639. The van der Waals surface area contributed by atoms with Gasteiger partial charge in [-0.1, -0.05) is 56.3 Å². The standard InChI is InChI=1S/C14H20ClN/c1-2-3-4-5-6-11-16-12-13-7-9-14(15)10-8-13/h7-10,12H,2-6,11H2,1H3. The van der Waals surface area contributed by atoms with Crippen LogP contribution < -0.4 is 0 Å². The Kier molecular flexibility index (Phi) is 6.91. The van der Waals surface area contributed by atoms with Crippen LogP contribution in [-0.2, 0) is 0 Å². The summed E-state index contributed by atoms with van der Waals surface area (Å²) >= 11 is 5.80. The van der Waals surface area contributed by atoms with E-state index in [1.165, 1.54) is 32.1 Å². The van der Waals surface area contributed by atoms with Gasteiger partial charge < -0.3 is 0 Å². The minimum atomic E-state index is 0.775. The van der Waals surface area contributed by atoms with E-state index in [4.69, 9.17) is 11.6 Å². The Morgan fingerprint density at radius 1 is 1.06 bits per heavy atom. The second-order valence-corrected chi connectivity index (χ2v) is 4.44. The molecule has 0 aliphatic rings. The Balaban J connectivity index is 2.14. The molecule has 0 saturated carbocycles. The Morgan fingerprint density at radius 3 is 2.44 bits per heavy atom. The van der Waals surface area contributed by atoms with E-state index in [-0.39, 0.29) is 0 Å². The third kappa shape index (κ3) is 5.92. The largest absolute Gasteiger partial charge is 0.293 e. The maximum Gasteiger partial charge on any atom is 0.0406 e. The Bertz CT molecular complexity index is 303. The van der Waals surface area contributed by atoms with E-state index in [1.807, 2.05) is 30.5 Å². The van der Waals surface area contributed by atoms with Gasteiger partial charge in [-0.2, -0.15) is 0 Å². The van der Waals surface area contributed by atoms with E-state index in [2.05, 4.69) is 11.9 Å². The molecule has 1 aromatic carbocycles. The Morgan fingerprint density at radius 2 is 1.75 bits per heavy atom. The van der Waals surface area contributed by atoms with Gasteiger partial charge in [-0.25, -0.2) is 0 Å². The molecule has 0 saturated heterocycles. The van der Waals surface area contributed by atoms with Gasteiger partial charge in [-0.15, -0.1) is 0 Å². The fourth-order valence-electron chi connectivity index (χ4n) is 1.53. The summed E-state index contributed by atoms with van der Waals surface area (Å²) in [4.78, 5) is 4.40. The molecule has 0 aliphatic heterocycles. The van der Waals surface area contributed by atoms with E-state index in [9.17, 15) is 0 Å². The molecular formula is C14H20ClN. The number of unbranched alkanes of at least 4 members (excludes halogenated alkanes) is 4. The third-order valence-electron chi connectivity index (χ3n) is 2.50. The van der Waals surface area contributed by atoms with Crippen molar-refractivity contribution in [2.45, 2.75) is 39.0 Å². The second-order valence-electron chi connectivity index (χ2n) is 4.00. The fourth-order valence-corrected chi connectivity index (χ4v) is 1.65. The summed E-state index contributed by atoms with van der Waals surface area (Å²) in [7, 11) is 0. The minimum absolute atomic E-state index is 0.775. The van der Waals surface area contributed by atoms with Crippen LogP contribution >= 0.6 is 11.6 Å². The first-order valence-corrected chi connectivity index (χ1v) is 6.46. The van der Waals surface area contributed by atoms with E-state index >= 15 is 0 Å². The highest BCUT2D eigenvalue weighted by atomic mass is 35.5. The molecule has 0 bridgehead atoms. The van der Waals surface area contributed by atoms with Crippen molar-refractivity contribution in [2.75, 3.05) is 6.54 Å². The first-order chi connectivity index (χ1) is 7.83. The van der Waals surface area contributed by atoms with Crippen molar-refractivity contribution in [1.82, 2.24) is 0 Å². The average Bonchev–Trinajstić information content (AvgIpc) is 2.30. The molecule has 1 aromatic rings. The molecule has 0 amide bonds. The molecule has 0 radical (unpaired) electrons. The molecule has 0 fully saturated rings. The van der Waals surface area contributed by atoms with Crippen LogP contribution in [0.5, 0.6) is 0 Å². The average molecular weight is 238 g/mol. The lowest BCUT2D eigenvalue weighted by atomic mass is 10.1. The van der Waals surface area contributed by atoms with Crippen LogP contribution in [0.3, 0.4) is 0 Å². The van der Waals surface area contributed by atoms with Crippen LogP contribution in [-0.4, -0.2) is 12.8 Å². The number of benzene rings is 1. The van der Waals surface area contributed by atoms with Crippen molar-refractivity contribution >= 4 is 17.8 Å². The van der Waals surface area contributed by atoms with Crippen LogP contribution in [0, 0.1) is 0 Å². The molecule has 0 aliphatic carbocycles. The monoisotopic (exact) mass is 237 g/mol. The second kappa shape index (κ2) is 8.35. The molecule has 0 aromatic heterocycles. The maximum absolute atomic E-state index is 5.80. The number of halogens is 1. The van der Waals surface area contributed by atoms with Gasteiger partial charge in [0, 0.05) is 17.8 Å². The van der Waals surface area contributed by atoms with Crippen molar-refractivity contribution < 1.29 is 0 Å². The molecule has 1 rings (SSSR count). The highest BCUT2D eigenvalue weighted by Gasteiger charge is 1.89. The van der Waals surface area contributed by atoms with Crippen molar-refractivity contribution in [3.05, 3.63) is 34.9 Å². The van der Waals surface area contributed by atoms with Crippen LogP contribution in [0.4, 0.5) is 0 Å². The van der Waals surface area contributed by atoms with Crippen LogP contribution in [0.1, 0.15) is 44.6 Å². The molecule has 0 spiro atoms. The predicted molar refractivity (Wildman–Crippen MR) is 72.7 cm³/mol. The van der Waals surface area contributed by atoms with Gasteiger partial charge >= 0.3 is 0 Å². The van der Waals surface area contributed by atoms with E-state index < -0.39 is 0 Å². The van der Waals surface area contributed by atoms with Crippen LogP contribution in [0.15, 0.2) is 29.3 Å². The van der Waals surface area contributed by atoms with E-state index in [0.29, 0.717) is 0 Å². The number of hydrogen-bond donors (Lipinski definition) is 0. The summed E-state index contributed by atoms with van der Waals surface area (Å²) in [5.41, 5.74) is 1.12. The zero-order valence-corrected chi connectivity index (χ0v) is 10.7. The normalized spacial score (nSPS) is 11.1. The number of nitrogens with zero attached hydrogens (tertiary/aromatic N) is 1. The van der Waals surface area contributed by atoms with Crippen molar-refractivity contribution in [3.8, 4) is 0 Å². The molecule has 0 N–H and O–H groups in total. The van der Waals surface area contributed by atoms with Gasteiger partial charge in [0.15, 0.2) is 0 Å². The molecule has 0 heterocycles. The SMILES string of the molecule is CCCCCCCN=Cc1ccc(Cl)cc1. The molecule has 0 atom stereocenters. The zero-order chi connectivity index (χ0) is 11.6. The lowest BCUT2D eigenvalue weighted by Crippen LogP contribution is -1.85. The highest BCUT2D eigenvalue weighted by Crippen LogP contribution is 2.08. The van der Waals surface area contributed by atoms with Gasteiger partial charge in [0.1, 0.15) is 0 Å². The smallest absolute Gasteiger partial charge is 0.0406 e. The molecule has 2 heteroatoms. The first kappa shape index (κ1) is 13.2. The molecule has 0 unspecified atom stereocenters. The zero-order valence-electron chi connectivity index (χ0n) is 9.95. The molecule has 1 nitrogen and oxygen atoms in total. The van der Waals surface area contributed by atoms with Crippen LogP contribution in [0.2, 0.25) is 5.02 Å². The van der Waals surface area contributed by atoms with Gasteiger partial charge in [0.2, 0.25) is 0 Å². The van der Waals surface area contributed by atoms with Crippen molar-refractivity contribution in [3.63, 3.8) is 0 Å². The summed E-state index contributed by atoms with van der Waals surface area (Å²) in [6.07, 6.45) is 8.41. The minimum Gasteiger partial charge on any atom is -0.293 e. The number of rotatable bonds is 7. The quantitative estimate of drug-likeness (QED) is 0.480. The maximum atomic E-state index is 5.80. The lowest BCUT2D eigenvalue weighted by Gasteiger charge is -1.96. The molecule has 16 heavy (non-hydrogen) atoms. The fraction of sp³-hybridized carbons (Fsp3) is 0.500. The Labute approximate surface area is 104 Å². The van der Waals surface area contributed by atoms with Crippen LogP contribution in [0.25, 0.3) is 0 Å². The van der Waals surface area contributed by atoms with Gasteiger partial charge in [0.25, 0.3) is 0 Å². The summed E-state index contributed by atoms with van der Waals surface area (Å²) in [6.45, 7) is 3.17. The molecular weight excluding hydrogens is 218 g/mol. The van der Waals surface area contributed by atoms with Crippen molar-refractivity contribution in [1.29, 1.82) is 0 Å². The van der Waals surface area contributed by atoms with E-state index in [0.717, 1.165) is 17.1 Å². The molecule has 88 valence electrons. The third-order valence-corrected chi connectivity index (χ3v) is 2.75. The topological polar surface area (TPSA) is 12.4 Å². The van der Waals surface area contributed by atoms with Gasteiger partial charge in [-0.3, -0.25) is 4.99 Å². The highest BCUT2D eigenvalue weighted by molar-refractivity contribution is 6.30. The number of aliphatic imine (C=N–C) groups is 1. The summed E-state index contributed by atoms with van der Waals surface area (Å²) in [5.74, 6) is 0. The van der Waals surface area contributed by atoms with E-state index in [1.54, 1.807) is 0 Å². The summed E-state index contributed by atoms with van der Waals surface area (Å²) in [6, 6.07) is 7.76.